The molecule has 4 nitrogen and oxygen atoms in total. The van der Waals surface area contributed by atoms with Gasteiger partial charge in [0.15, 0.2) is 0 Å². The lowest BCUT2D eigenvalue weighted by atomic mass is 9.73. The molecule has 190 valence electrons. The van der Waals surface area contributed by atoms with Crippen LogP contribution in [0.1, 0.15) is 39.7 Å². The van der Waals surface area contributed by atoms with Gasteiger partial charge in [0.05, 0.1) is 0 Å². The lowest BCUT2D eigenvalue weighted by Crippen LogP contribution is -2.14. The Hall–Kier alpha value is -4.41. The standard InChI is InChI=1S/C33H27ClO4/c34-31-4-2-1-3-26(31)21-38-30-19-11-25(12-20-30)33(24-9-17-29(37)18-10-24)32(22-5-13-27(35)14-6-22)23-7-15-28(36)16-8-23/h1-20,32-33,35-37H,21H2. The van der Waals surface area contributed by atoms with Crippen molar-refractivity contribution in [1.82, 2.24) is 0 Å². The van der Waals surface area contributed by atoms with Crippen molar-refractivity contribution >= 4 is 11.6 Å². The highest BCUT2D eigenvalue weighted by molar-refractivity contribution is 6.31. The Morgan fingerprint density at radius 3 is 1.26 bits per heavy atom. The molecular weight excluding hydrogens is 496 g/mol. The van der Waals surface area contributed by atoms with Crippen LogP contribution in [0.4, 0.5) is 0 Å². The van der Waals surface area contributed by atoms with Crippen molar-refractivity contribution < 1.29 is 20.1 Å². The molecule has 0 fully saturated rings. The summed E-state index contributed by atoms with van der Waals surface area (Å²) in [6.45, 7) is 0.365. The molecule has 0 bridgehead atoms. The lowest BCUT2D eigenvalue weighted by molar-refractivity contribution is 0.306. The molecule has 0 spiro atoms. The topological polar surface area (TPSA) is 69.9 Å². The predicted octanol–water partition coefficient (Wildman–Crippen LogP) is 8.00. The minimum Gasteiger partial charge on any atom is -0.508 e. The first-order valence-corrected chi connectivity index (χ1v) is 12.7. The van der Waals surface area contributed by atoms with Crippen molar-refractivity contribution in [2.45, 2.75) is 18.4 Å². The van der Waals surface area contributed by atoms with Crippen LogP contribution in [0.25, 0.3) is 0 Å². The largest absolute Gasteiger partial charge is 0.508 e. The zero-order chi connectivity index (χ0) is 26.5. The molecule has 5 rings (SSSR count). The van der Waals surface area contributed by atoms with Gasteiger partial charge in [-0.3, -0.25) is 0 Å². The number of aromatic hydroxyl groups is 3. The Bertz CT molecular complexity index is 1430. The molecule has 5 aromatic rings. The third-order valence-corrected chi connectivity index (χ3v) is 7.05. The molecule has 0 heterocycles. The van der Waals surface area contributed by atoms with Crippen molar-refractivity contribution in [2.24, 2.45) is 0 Å². The van der Waals surface area contributed by atoms with Gasteiger partial charge in [-0.2, -0.15) is 0 Å². The van der Waals surface area contributed by atoms with Crippen LogP contribution >= 0.6 is 11.6 Å². The summed E-state index contributed by atoms with van der Waals surface area (Å²) in [7, 11) is 0. The summed E-state index contributed by atoms with van der Waals surface area (Å²) in [4.78, 5) is 0. The third kappa shape index (κ3) is 5.77. The summed E-state index contributed by atoms with van der Waals surface area (Å²) in [6.07, 6.45) is 0. The minimum atomic E-state index is -0.143. The average molecular weight is 523 g/mol. The second kappa shape index (κ2) is 11.3. The molecule has 3 N–H and O–H groups in total. The van der Waals surface area contributed by atoms with E-state index in [0.29, 0.717) is 11.6 Å². The van der Waals surface area contributed by atoms with Crippen LogP contribution < -0.4 is 4.74 Å². The van der Waals surface area contributed by atoms with E-state index in [0.717, 1.165) is 33.6 Å². The molecule has 0 radical (unpaired) electrons. The van der Waals surface area contributed by atoms with E-state index in [-0.39, 0.29) is 29.1 Å². The number of ether oxygens (including phenoxy) is 1. The van der Waals surface area contributed by atoms with Crippen LogP contribution in [-0.4, -0.2) is 15.3 Å². The summed E-state index contributed by atoms with van der Waals surface area (Å²) in [5.74, 6) is 1.03. The molecule has 0 aliphatic heterocycles. The van der Waals surface area contributed by atoms with E-state index >= 15 is 0 Å². The minimum absolute atomic E-state index is 0.137. The fourth-order valence-corrected chi connectivity index (χ4v) is 4.94. The summed E-state index contributed by atoms with van der Waals surface area (Å²) in [6, 6.07) is 37.2. The Kier molecular flexibility index (Phi) is 7.52. The molecule has 0 saturated carbocycles. The molecule has 1 unspecified atom stereocenters. The second-order valence-electron chi connectivity index (χ2n) is 9.18. The van der Waals surface area contributed by atoms with E-state index in [4.69, 9.17) is 16.3 Å². The van der Waals surface area contributed by atoms with Crippen molar-refractivity contribution in [3.05, 3.63) is 154 Å². The number of halogens is 1. The van der Waals surface area contributed by atoms with Gasteiger partial charge in [0.2, 0.25) is 0 Å². The molecule has 5 aromatic carbocycles. The van der Waals surface area contributed by atoms with Crippen LogP contribution in [-0.2, 0) is 6.61 Å². The predicted molar refractivity (Wildman–Crippen MR) is 150 cm³/mol. The summed E-state index contributed by atoms with van der Waals surface area (Å²) in [5.41, 5.74) is 4.99. The molecule has 0 aliphatic rings. The molecule has 5 heteroatoms. The Morgan fingerprint density at radius 2 is 0.868 bits per heavy atom. The van der Waals surface area contributed by atoms with E-state index in [1.807, 2.05) is 84.9 Å². The van der Waals surface area contributed by atoms with Crippen molar-refractivity contribution in [3.63, 3.8) is 0 Å². The molecule has 38 heavy (non-hydrogen) atoms. The van der Waals surface area contributed by atoms with E-state index in [1.54, 1.807) is 36.4 Å². The van der Waals surface area contributed by atoms with Gasteiger partial charge in [0.1, 0.15) is 29.6 Å². The van der Waals surface area contributed by atoms with E-state index in [9.17, 15) is 15.3 Å². The number of phenols is 3. The van der Waals surface area contributed by atoms with Gasteiger partial charge in [0.25, 0.3) is 0 Å². The molecule has 0 amide bonds. The summed E-state index contributed by atoms with van der Waals surface area (Å²) in [5, 5.41) is 30.5. The second-order valence-corrected chi connectivity index (χ2v) is 9.59. The van der Waals surface area contributed by atoms with Crippen molar-refractivity contribution in [3.8, 4) is 23.0 Å². The molecule has 0 saturated heterocycles. The third-order valence-electron chi connectivity index (χ3n) is 6.68. The number of benzene rings is 5. The highest BCUT2D eigenvalue weighted by Crippen LogP contribution is 2.44. The van der Waals surface area contributed by atoms with Crippen LogP contribution in [0.5, 0.6) is 23.0 Å². The number of rotatable bonds is 8. The first-order chi connectivity index (χ1) is 18.5. The average Bonchev–Trinajstić information content (AvgIpc) is 2.94. The molecule has 0 aliphatic carbocycles. The first-order valence-electron chi connectivity index (χ1n) is 12.3. The number of phenolic OH excluding ortho intramolecular Hbond substituents is 3. The van der Waals surface area contributed by atoms with Gasteiger partial charge in [-0.05, 0) is 76.9 Å². The quantitative estimate of drug-likeness (QED) is 0.193. The highest BCUT2D eigenvalue weighted by atomic mass is 35.5. The van der Waals surface area contributed by atoms with E-state index < -0.39 is 0 Å². The van der Waals surface area contributed by atoms with Gasteiger partial charge >= 0.3 is 0 Å². The summed E-state index contributed by atoms with van der Waals surface area (Å²) >= 11 is 6.28. The molecule has 0 aromatic heterocycles. The van der Waals surface area contributed by atoms with Crippen LogP contribution in [0.2, 0.25) is 5.02 Å². The van der Waals surface area contributed by atoms with E-state index in [2.05, 4.69) is 0 Å². The highest BCUT2D eigenvalue weighted by Gasteiger charge is 2.28. The monoisotopic (exact) mass is 522 g/mol. The van der Waals surface area contributed by atoms with Crippen LogP contribution in [0, 0.1) is 0 Å². The van der Waals surface area contributed by atoms with Gasteiger partial charge in [0, 0.05) is 22.4 Å². The van der Waals surface area contributed by atoms with E-state index in [1.165, 1.54) is 0 Å². The normalized spacial score (nSPS) is 11.8. The Labute approximate surface area is 227 Å². The first kappa shape index (κ1) is 25.2. The van der Waals surface area contributed by atoms with Crippen LogP contribution in [0.15, 0.2) is 121 Å². The maximum Gasteiger partial charge on any atom is 0.119 e. The van der Waals surface area contributed by atoms with Gasteiger partial charge < -0.3 is 20.1 Å². The van der Waals surface area contributed by atoms with Gasteiger partial charge in [-0.25, -0.2) is 0 Å². The maximum absolute atomic E-state index is 9.97. The van der Waals surface area contributed by atoms with Gasteiger partial charge in [-0.15, -0.1) is 0 Å². The Balaban J connectivity index is 1.55. The summed E-state index contributed by atoms with van der Waals surface area (Å²) < 4.78 is 6.01. The molecular formula is C33H27ClO4. The zero-order valence-electron chi connectivity index (χ0n) is 20.5. The number of hydrogen-bond acceptors (Lipinski definition) is 4. The van der Waals surface area contributed by atoms with Crippen molar-refractivity contribution in [1.29, 1.82) is 0 Å². The number of hydrogen-bond donors (Lipinski definition) is 3. The van der Waals surface area contributed by atoms with Gasteiger partial charge in [-0.1, -0.05) is 78.3 Å². The SMILES string of the molecule is Oc1ccc(C(c2ccc(O)cc2)C(c2ccc(O)cc2)c2ccc(OCc3ccccc3Cl)cc2)cc1. The molecule has 1 atom stereocenters. The fourth-order valence-electron chi connectivity index (χ4n) is 4.75. The van der Waals surface area contributed by atoms with Crippen molar-refractivity contribution in [2.75, 3.05) is 0 Å². The van der Waals surface area contributed by atoms with Crippen LogP contribution in [0.3, 0.4) is 0 Å². The Morgan fingerprint density at radius 1 is 0.500 bits per heavy atom. The zero-order valence-corrected chi connectivity index (χ0v) is 21.3. The maximum atomic E-state index is 9.97. The smallest absolute Gasteiger partial charge is 0.119 e. The fraction of sp³-hybridized carbons (Fsp3) is 0.0909. The lowest BCUT2D eigenvalue weighted by Gasteiger charge is -2.30.